The first-order chi connectivity index (χ1) is 12.2. The van der Waals surface area contributed by atoms with Gasteiger partial charge in [-0.2, -0.15) is 0 Å². The van der Waals surface area contributed by atoms with Crippen molar-refractivity contribution in [3.05, 3.63) is 48.0 Å². The van der Waals surface area contributed by atoms with Crippen LogP contribution in [0.15, 0.2) is 36.7 Å². The van der Waals surface area contributed by atoms with Gasteiger partial charge in [0.15, 0.2) is 12.3 Å². The maximum absolute atomic E-state index is 12.3. The molecule has 0 unspecified atom stereocenters. The van der Waals surface area contributed by atoms with E-state index in [1.807, 2.05) is 41.7 Å². The highest BCUT2D eigenvalue weighted by Crippen LogP contribution is 2.22. The van der Waals surface area contributed by atoms with E-state index >= 15 is 0 Å². The number of nitrogens with zero attached hydrogens (tertiary/aromatic N) is 5. The minimum absolute atomic E-state index is 0.0185. The van der Waals surface area contributed by atoms with E-state index in [4.69, 9.17) is 4.74 Å². The number of nitrogens with one attached hydrogen (secondary N) is 1. The number of benzene rings is 1. The van der Waals surface area contributed by atoms with Crippen LogP contribution in [0.5, 0.6) is 5.75 Å². The lowest BCUT2D eigenvalue weighted by molar-refractivity contribution is -0.133. The maximum Gasteiger partial charge on any atom is 0.260 e. The van der Waals surface area contributed by atoms with E-state index in [1.165, 1.54) is 0 Å². The van der Waals surface area contributed by atoms with Crippen molar-refractivity contribution in [3.63, 3.8) is 0 Å². The molecule has 3 aromatic rings. The maximum atomic E-state index is 12.3. The summed E-state index contributed by atoms with van der Waals surface area (Å²) in [6.07, 6.45) is 1.63. The predicted octanol–water partition coefficient (Wildman–Crippen LogP) is 1.27. The largest absolute Gasteiger partial charge is 0.483 e. The fourth-order valence-corrected chi connectivity index (χ4v) is 2.89. The molecule has 25 heavy (non-hydrogen) atoms. The van der Waals surface area contributed by atoms with Gasteiger partial charge in [0.25, 0.3) is 5.91 Å². The molecule has 8 heteroatoms. The molecule has 0 atom stereocenters. The van der Waals surface area contributed by atoms with E-state index in [2.05, 4.69) is 20.5 Å². The van der Waals surface area contributed by atoms with Crippen molar-refractivity contribution in [1.29, 1.82) is 0 Å². The van der Waals surface area contributed by atoms with Crippen molar-refractivity contribution < 1.29 is 9.53 Å². The molecule has 4 rings (SSSR count). The van der Waals surface area contributed by atoms with Crippen LogP contribution in [0.4, 0.5) is 5.82 Å². The number of fused-ring (bicyclic) bond motifs is 2. The summed E-state index contributed by atoms with van der Waals surface area (Å²) in [6, 6.07) is 9.58. The van der Waals surface area contributed by atoms with E-state index in [0.717, 1.165) is 28.6 Å². The average Bonchev–Trinajstić information content (AvgIpc) is 3.02. The van der Waals surface area contributed by atoms with Crippen LogP contribution in [-0.4, -0.2) is 50.1 Å². The summed E-state index contributed by atoms with van der Waals surface area (Å²) in [7, 11) is 0. The van der Waals surface area contributed by atoms with Gasteiger partial charge in [0.05, 0.1) is 0 Å². The Morgan fingerprint density at radius 3 is 3.12 bits per heavy atom. The van der Waals surface area contributed by atoms with Gasteiger partial charge in [-0.25, -0.2) is 4.98 Å². The summed E-state index contributed by atoms with van der Waals surface area (Å²) in [4.78, 5) is 18.5. The Hall–Kier alpha value is -3.16. The molecule has 1 aromatic carbocycles. The molecule has 0 radical (unpaired) electrons. The molecule has 0 saturated carbocycles. The Kier molecular flexibility index (Phi) is 3.93. The monoisotopic (exact) mass is 338 g/mol. The average molecular weight is 338 g/mol. The van der Waals surface area contributed by atoms with Crippen molar-refractivity contribution in [2.24, 2.45) is 0 Å². The van der Waals surface area contributed by atoms with Gasteiger partial charge in [-0.3, -0.25) is 9.20 Å². The number of carbonyl (C=O) groups excluding carboxylic acids is 1. The summed E-state index contributed by atoms with van der Waals surface area (Å²) in [5.41, 5.74) is 1.76. The Morgan fingerprint density at radius 2 is 2.20 bits per heavy atom. The van der Waals surface area contributed by atoms with Crippen LogP contribution >= 0.6 is 0 Å². The molecule has 0 spiro atoms. The van der Waals surface area contributed by atoms with E-state index in [-0.39, 0.29) is 12.5 Å². The van der Waals surface area contributed by atoms with Crippen molar-refractivity contribution in [2.75, 3.05) is 25.0 Å². The lowest BCUT2D eigenvalue weighted by atomic mass is 10.2. The molecule has 1 aliphatic heterocycles. The summed E-state index contributed by atoms with van der Waals surface area (Å²) in [6.45, 7) is 3.67. The van der Waals surface area contributed by atoms with E-state index in [1.54, 1.807) is 11.2 Å². The summed E-state index contributed by atoms with van der Waals surface area (Å²) in [5, 5.41) is 11.2. The number of amides is 1. The lowest BCUT2D eigenvalue weighted by Crippen LogP contribution is -2.36. The van der Waals surface area contributed by atoms with Crippen LogP contribution in [0.3, 0.4) is 0 Å². The third-order valence-electron chi connectivity index (χ3n) is 4.20. The second-order valence-corrected chi connectivity index (χ2v) is 5.89. The summed E-state index contributed by atoms with van der Waals surface area (Å²) < 4.78 is 7.39. The highest BCUT2D eigenvalue weighted by atomic mass is 16.5. The molecule has 3 heterocycles. The second-order valence-electron chi connectivity index (χ2n) is 5.89. The zero-order valence-electron chi connectivity index (χ0n) is 13.8. The molecule has 0 saturated heterocycles. The number of rotatable bonds is 4. The number of para-hydroxylation sites is 1. The topological polar surface area (TPSA) is 84.6 Å². The van der Waals surface area contributed by atoms with E-state index < -0.39 is 0 Å². The Balaban J connectivity index is 1.42. The van der Waals surface area contributed by atoms with Crippen molar-refractivity contribution in [1.82, 2.24) is 24.5 Å². The van der Waals surface area contributed by atoms with Crippen LogP contribution in [-0.2, 0) is 11.3 Å². The Labute approximate surface area is 144 Å². The van der Waals surface area contributed by atoms with Crippen LogP contribution in [0, 0.1) is 6.92 Å². The molecule has 2 aromatic heterocycles. The van der Waals surface area contributed by atoms with Crippen molar-refractivity contribution in [3.8, 4) is 5.75 Å². The number of hydrogen-bond acceptors (Lipinski definition) is 6. The molecule has 0 aliphatic carbocycles. The molecular weight excluding hydrogens is 320 g/mol. The third-order valence-corrected chi connectivity index (χ3v) is 4.20. The lowest BCUT2D eigenvalue weighted by Gasteiger charge is -2.20. The van der Waals surface area contributed by atoms with Crippen LogP contribution in [0.25, 0.3) is 5.65 Å². The standard InChI is InChI=1S/C17H18N6O2/c1-12-20-15(8-16-21-19-11-23(12)16)18-6-7-22-9-13-4-2-3-5-14(13)25-10-17(22)24/h2-5,8,11,18H,6-7,9-10H2,1H3. The number of hydrogen-bond donors (Lipinski definition) is 1. The molecule has 1 amide bonds. The molecule has 0 bridgehead atoms. The number of aromatic nitrogens is 4. The second kappa shape index (κ2) is 6.39. The number of carbonyl (C=O) groups is 1. The normalized spacial score (nSPS) is 14.1. The summed E-state index contributed by atoms with van der Waals surface area (Å²) >= 11 is 0. The van der Waals surface area contributed by atoms with E-state index in [0.29, 0.717) is 19.6 Å². The minimum Gasteiger partial charge on any atom is -0.483 e. The summed E-state index contributed by atoms with van der Waals surface area (Å²) in [5.74, 6) is 2.28. The van der Waals surface area contributed by atoms with Gasteiger partial charge >= 0.3 is 0 Å². The van der Waals surface area contributed by atoms with Crippen molar-refractivity contribution >= 4 is 17.4 Å². The highest BCUT2D eigenvalue weighted by molar-refractivity contribution is 5.78. The minimum atomic E-state index is -0.0185. The number of ether oxygens (including phenoxy) is 1. The SMILES string of the molecule is Cc1nc(NCCN2Cc3ccccc3OCC2=O)cc2nncn12. The number of anilines is 1. The van der Waals surface area contributed by atoms with Gasteiger partial charge in [0.1, 0.15) is 23.7 Å². The molecule has 1 aliphatic rings. The fourth-order valence-electron chi connectivity index (χ4n) is 2.89. The zero-order chi connectivity index (χ0) is 17.2. The van der Waals surface area contributed by atoms with Crippen LogP contribution in [0.1, 0.15) is 11.4 Å². The van der Waals surface area contributed by atoms with Gasteiger partial charge in [-0.1, -0.05) is 18.2 Å². The first kappa shape index (κ1) is 15.4. The molecule has 1 N–H and O–H groups in total. The van der Waals surface area contributed by atoms with Gasteiger partial charge in [0, 0.05) is 31.3 Å². The van der Waals surface area contributed by atoms with E-state index in [9.17, 15) is 4.79 Å². The quantitative estimate of drug-likeness (QED) is 0.771. The first-order valence-corrected chi connectivity index (χ1v) is 8.10. The Morgan fingerprint density at radius 1 is 1.32 bits per heavy atom. The van der Waals surface area contributed by atoms with Gasteiger partial charge in [-0.05, 0) is 13.0 Å². The zero-order valence-corrected chi connectivity index (χ0v) is 13.8. The predicted molar refractivity (Wildman–Crippen MR) is 91.4 cm³/mol. The van der Waals surface area contributed by atoms with Gasteiger partial charge in [0.2, 0.25) is 0 Å². The van der Waals surface area contributed by atoms with Crippen molar-refractivity contribution in [2.45, 2.75) is 13.5 Å². The molecule has 0 fully saturated rings. The van der Waals surface area contributed by atoms with Crippen LogP contribution in [0.2, 0.25) is 0 Å². The molecular formula is C17H18N6O2. The first-order valence-electron chi connectivity index (χ1n) is 8.10. The molecule has 8 nitrogen and oxygen atoms in total. The van der Waals surface area contributed by atoms with Gasteiger partial charge in [-0.15, -0.1) is 10.2 Å². The Bertz CT molecular complexity index is 922. The smallest absolute Gasteiger partial charge is 0.260 e. The van der Waals surface area contributed by atoms with Crippen LogP contribution < -0.4 is 10.1 Å². The third kappa shape index (κ3) is 3.10. The molecule has 128 valence electrons. The number of aryl methyl sites for hydroxylation is 1. The van der Waals surface area contributed by atoms with Gasteiger partial charge < -0.3 is 15.0 Å². The highest BCUT2D eigenvalue weighted by Gasteiger charge is 2.20. The fraction of sp³-hybridized carbons (Fsp3) is 0.294.